The molecular weight excluding hydrogens is 1800 g/mol. The Labute approximate surface area is 825 Å². The molecule has 642 valence electrons. The maximum absolute atomic E-state index is 8.63. The SMILES string of the molecule is C#CCO.C#CCOc1nc(OCC#C)nc(OCC#C)n1.CC(C)(C)O.CC(C)(C)Oc1nc(OC(C)(C)C)nc(OC(C)(C)C)n1.COc1ccc(COc2nc(OCc3ccc(C)cc3)nc(OCc3ccc(OC)cc3)n2)cc1.Cc1ccc(CO)cc1.Clc1nc(Cl)nc(Cl)n1.Clc1nc(Cl)nc(Cl)n1.Clc1nc(Cl)nc(Cl)n1.[H-].[H-].[H-].[Na+].[Na+].[Na+]. The summed E-state index contributed by atoms with van der Waals surface area (Å²) in [5, 5.41) is 24.8. The van der Waals surface area contributed by atoms with Gasteiger partial charge in [-0.3, -0.25) is 0 Å². The van der Waals surface area contributed by atoms with Crippen molar-refractivity contribution in [2.24, 2.45) is 0 Å². The van der Waals surface area contributed by atoms with E-state index in [0.717, 1.165) is 33.8 Å². The molecule has 122 heavy (non-hydrogen) atoms. The summed E-state index contributed by atoms with van der Waals surface area (Å²) < 4.78 is 60.0. The predicted molar refractivity (Wildman–Crippen MR) is 457 cm³/mol. The molecule has 0 saturated heterocycles. The molecule has 0 amide bonds. The molecule has 0 saturated carbocycles. The van der Waals surface area contributed by atoms with Crippen molar-refractivity contribution in [2.45, 2.75) is 146 Å². The number of ether oxygens (including phenoxy) is 11. The minimum Gasteiger partial charge on any atom is -1.00 e. The van der Waals surface area contributed by atoms with Crippen LogP contribution in [0.25, 0.3) is 0 Å². The van der Waals surface area contributed by atoms with Gasteiger partial charge in [-0.2, -0.15) is 44.9 Å². The summed E-state index contributed by atoms with van der Waals surface area (Å²) in [6.45, 7) is 27.4. The van der Waals surface area contributed by atoms with Crippen LogP contribution in [0.15, 0.2) is 97.1 Å². The van der Waals surface area contributed by atoms with Gasteiger partial charge in [-0.15, -0.1) is 70.5 Å². The van der Waals surface area contributed by atoms with Gasteiger partial charge < -0.3 is 71.7 Å². The predicted octanol–water partition coefficient (Wildman–Crippen LogP) is 6.97. The van der Waals surface area contributed by atoms with Crippen LogP contribution < -0.4 is 141 Å². The third kappa shape index (κ3) is 59.3. The van der Waals surface area contributed by atoms with Crippen LogP contribution in [0.1, 0.15) is 121 Å². The summed E-state index contributed by atoms with van der Waals surface area (Å²) >= 11 is 47.9. The number of aromatic nitrogens is 18. The second kappa shape index (κ2) is 62.6. The van der Waals surface area contributed by atoms with E-state index in [1.807, 2.05) is 179 Å². The Morgan fingerprint density at radius 3 is 0.656 bits per heavy atom. The zero-order valence-corrected chi connectivity index (χ0v) is 83.3. The number of aliphatic hydroxyl groups excluding tert-OH is 2. The van der Waals surface area contributed by atoms with Crippen molar-refractivity contribution in [2.75, 3.05) is 40.6 Å². The Morgan fingerprint density at radius 1 is 0.303 bits per heavy atom. The summed E-state index contributed by atoms with van der Waals surface area (Å²) in [6, 6.07) is 31.8. The van der Waals surface area contributed by atoms with Gasteiger partial charge in [0.05, 0.1) is 26.4 Å². The first kappa shape index (κ1) is 117. The van der Waals surface area contributed by atoms with Crippen molar-refractivity contribution in [3.63, 3.8) is 0 Å². The molecule has 0 radical (unpaired) electrons. The number of halogens is 9. The van der Waals surface area contributed by atoms with E-state index in [4.69, 9.17) is 191 Å². The minimum absolute atomic E-state index is 0. The fourth-order valence-corrected chi connectivity index (χ4v) is 8.63. The van der Waals surface area contributed by atoms with Crippen LogP contribution in [0, 0.1) is 63.2 Å². The number of terminal acetylenes is 4. The van der Waals surface area contributed by atoms with Crippen molar-refractivity contribution in [3.05, 3.63) is 178 Å². The molecule has 10 aromatic rings. The standard InChI is InChI=1S/C27H27N3O5.C15H27N3O3.C12H9N3O3.C8H10O.C4H10O.3C3Cl3N3.C3H4O.3Na.3H/c1-19-4-6-20(7-5-19)16-33-25-28-26(34-17-21-8-12-23(31-2)13-9-21)30-27(29-25)35-18-22-10-14-24(32-3)15-11-22;1-13(2,3)19-10-16-11(20-14(4,5)6)18-12(17-10)21-15(7,8)9;1-4-7-16-10-13-11(17-8-5-2)15-12(14-10)18-9-6-3;1-7-2-4-8(6-9)5-3-7;1-4(2,3)5;3*4-1-7-2(5)9-3(6)8-1;1-2-3-4;;;;;;/h4-15H,16-18H2,1-3H3;1-9H3;1-3H,7-9H2;2-5,9H,6H2,1H3;5H,1-3H3;;;;1,4H,3H2;;;;;;/q;;;;;;;;;3*+1;3*-1. The van der Waals surface area contributed by atoms with E-state index in [1.165, 1.54) is 11.1 Å². The fourth-order valence-electron chi connectivity index (χ4n) is 6.80. The second-order valence-corrected chi connectivity index (χ2v) is 29.4. The number of benzene rings is 4. The Bertz CT molecular complexity index is 4370. The van der Waals surface area contributed by atoms with E-state index in [1.54, 1.807) is 35.0 Å². The molecule has 3 N–H and O–H groups in total. The maximum Gasteiger partial charge on any atom is 1.00 e. The normalized spacial score (nSPS) is 10.0. The molecule has 0 atom stereocenters. The van der Waals surface area contributed by atoms with Crippen molar-refractivity contribution in [3.8, 4) is 115 Å². The van der Waals surface area contributed by atoms with Crippen LogP contribution in [-0.4, -0.2) is 168 Å². The molecule has 0 aliphatic heterocycles. The molecule has 32 nitrogen and oxygen atoms in total. The van der Waals surface area contributed by atoms with Crippen molar-refractivity contribution in [1.29, 1.82) is 0 Å². The Hall–Kier alpha value is -7.53. The van der Waals surface area contributed by atoms with Crippen LogP contribution >= 0.6 is 104 Å². The number of aliphatic hydroxyl groups is 3. The first-order valence-corrected chi connectivity index (χ1v) is 37.7. The van der Waals surface area contributed by atoms with Crippen molar-refractivity contribution in [1.82, 2.24) is 89.7 Å². The van der Waals surface area contributed by atoms with E-state index in [2.05, 4.69) is 114 Å². The van der Waals surface area contributed by atoms with Gasteiger partial charge in [0, 0.05) is 0 Å². The summed E-state index contributed by atoms with van der Waals surface area (Å²) in [7, 11) is 3.25. The number of hydrogen-bond acceptors (Lipinski definition) is 32. The second-order valence-electron chi connectivity index (χ2n) is 26.3. The van der Waals surface area contributed by atoms with Crippen LogP contribution in [0.5, 0.6) is 65.6 Å². The Morgan fingerprint density at radius 2 is 0.484 bits per heavy atom. The molecule has 0 aliphatic rings. The fraction of sp³-hybridized carbons (Fsp3) is 0.359. The zero-order valence-electron chi connectivity index (χ0n) is 73.5. The van der Waals surface area contributed by atoms with Crippen LogP contribution in [0.2, 0.25) is 47.6 Å². The average Bonchev–Trinajstić information content (AvgIpc) is 0.832. The number of hydrogen-bond donors (Lipinski definition) is 3. The molecule has 0 fully saturated rings. The van der Waals surface area contributed by atoms with Gasteiger partial charge in [-0.1, -0.05) is 108 Å². The molecule has 0 spiro atoms. The summed E-state index contributed by atoms with van der Waals surface area (Å²) in [6.07, 6.45) is 19.7. The summed E-state index contributed by atoms with van der Waals surface area (Å²) in [5.41, 5.74) is 4.50. The van der Waals surface area contributed by atoms with Gasteiger partial charge >= 0.3 is 143 Å². The first-order chi connectivity index (χ1) is 55.9. The molecule has 0 aliphatic carbocycles. The molecule has 10 rings (SSSR count). The molecule has 0 unspecified atom stereocenters. The van der Waals surface area contributed by atoms with Crippen LogP contribution in [-0.2, 0) is 26.4 Å². The first-order valence-electron chi connectivity index (χ1n) is 34.3. The Kier molecular flexibility index (Phi) is 59.7. The van der Waals surface area contributed by atoms with Gasteiger partial charge in [0.1, 0.15) is 54.7 Å². The molecular formula is C78H90Cl9N18Na3O14. The van der Waals surface area contributed by atoms with E-state index < -0.39 is 22.4 Å². The van der Waals surface area contributed by atoms with Gasteiger partial charge in [0.2, 0.25) is 47.6 Å². The summed E-state index contributed by atoms with van der Waals surface area (Å²) in [5.74, 6) is 10.3. The molecule has 0 bridgehead atoms. The monoisotopic (exact) mass is 1890 g/mol. The van der Waals surface area contributed by atoms with Gasteiger partial charge in [-0.25, -0.2) is 0 Å². The maximum atomic E-state index is 8.63. The summed E-state index contributed by atoms with van der Waals surface area (Å²) in [4.78, 5) is 68.1. The minimum atomic E-state index is -0.500. The largest absolute Gasteiger partial charge is 1.00 e. The van der Waals surface area contributed by atoms with Gasteiger partial charge in [-0.05, 0) is 248 Å². The molecule has 4 aromatic carbocycles. The number of rotatable bonds is 21. The van der Waals surface area contributed by atoms with Crippen molar-refractivity contribution < 1.29 is 160 Å². The van der Waals surface area contributed by atoms with E-state index >= 15 is 0 Å². The van der Waals surface area contributed by atoms with E-state index in [0.29, 0.717) is 6.61 Å². The molecule has 6 aromatic heterocycles. The molecule has 44 heteroatoms. The quantitative estimate of drug-likeness (QED) is 0.0483. The average molecular weight is 1890 g/mol. The topological polar surface area (TPSA) is 394 Å². The zero-order chi connectivity index (χ0) is 89.3. The smallest absolute Gasteiger partial charge is 1.00 e. The van der Waals surface area contributed by atoms with Gasteiger partial charge in [0.15, 0.2) is 19.8 Å². The third-order valence-electron chi connectivity index (χ3n) is 11.4. The van der Waals surface area contributed by atoms with Crippen LogP contribution in [0.4, 0.5) is 0 Å². The van der Waals surface area contributed by atoms with E-state index in [-0.39, 0.29) is 241 Å². The number of aryl methyl sites for hydroxylation is 2. The van der Waals surface area contributed by atoms with E-state index in [9.17, 15) is 0 Å². The molecule has 6 heterocycles. The third-order valence-corrected chi connectivity index (χ3v) is 12.9. The number of nitrogens with zero attached hydrogens (tertiary/aromatic N) is 18. The Balaban J connectivity index is -0.000000464. The van der Waals surface area contributed by atoms with Crippen LogP contribution in [0.3, 0.4) is 0 Å². The van der Waals surface area contributed by atoms with Crippen molar-refractivity contribution >= 4 is 104 Å². The van der Waals surface area contributed by atoms with Gasteiger partial charge in [0.25, 0.3) is 0 Å². The number of methoxy groups -OCH3 is 2.